The predicted molar refractivity (Wildman–Crippen MR) is 105 cm³/mol. The maximum Gasteiger partial charge on any atom is 0.262 e. The van der Waals surface area contributed by atoms with Crippen LogP contribution in [0.5, 0.6) is 0 Å². The van der Waals surface area contributed by atoms with E-state index in [9.17, 15) is 10.1 Å². The molecule has 5 heteroatoms. The average Bonchev–Trinajstić information content (AvgIpc) is 3.14. The van der Waals surface area contributed by atoms with Crippen molar-refractivity contribution in [3.8, 4) is 17.3 Å². The van der Waals surface area contributed by atoms with Crippen molar-refractivity contribution in [1.29, 1.82) is 5.26 Å². The minimum Gasteiger partial charge on any atom is -0.347 e. The Morgan fingerprint density at radius 2 is 1.74 bits per heavy atom. The summed E-state index contributed by atoms with van der Waals surface area (Å²) in [5.41, 5.74) is 5.75. The molecule has 0 saturated carbocycles. The van der Waals surface area contributed by atoms with Crippen LogP contribution in [0.25, 0.3) is 17.3 Å². The molecule has 2 aromatic carbocycles. The van der Waals surface area contributed by atoms with Crippen LogP contribution in [-0.2, 0) is 11.3 Å². The van der Waals surface area contributed by atoms with Crippen molar-refractivity contribution < 1.29 is 4.79 Å². The minimum absolute atomic E-state index is 0.0388. The number of nitrogens with one attached hydrogen (secondary N) is 2. The van der Waals surface area contributed by atoms with Gasteiger partial charge in [-0.2, -0.15) is 10.4 Å². The number of amides is 1. The highest BCUT2D eigenvalue weighted by molar-refractivity contribution is 6.02. The maximum atomic E-state index is 12.4. The van der Waals surface area contributed by atoms with Crippen molar-refractivity contribution in [3.63, 3.8) is 0 Å². The Morgan fingerprint density at radius 1 is 1.11 bits per heavy atom. The van der Waals surface area contributed by atoms with Crippen molar-refractivity contribution in [3.05, 3.63) is 82.6 Å². The molecule has 0 spiro atoms. The van der Waals surface area contributed by atoms with Crippen LogP contribution >= 0.6 is 0 Å². The van der Waals surface area contributed by atoms with Crippen LogP contribution < -0.4 is 5.32 Å². The van der Waals surface area contributed by atoms with E-state index in [4.69, 9.17) is 0 Å². The zero-order valence-corrected chi connectivity index (χ0v) is 15.3. The first-order valence-electron chi connectivity index (χ1n) is 8.63. The van der Waals surface area contributed by atoms with Gasteiger partial charge in [0.1, 0.15) is 11.6 Å². The predicted octanol–water partition coefficient (Wildman–Crippen LogP) is 3.92. The summed E-state index contributed by atoms with van der Waals surface area (Å²) < 4.78 is 0. The number of carbonyl (C=O) groups excluding carboxylic acids is 1. The lowest BCUT2D eigenvalue weighted by molar-refractivity contribution is -0.117. The van der Waals surface area contributed by atoms with Crippen LogP contribution in [0, 0.1) is 25.2 Å². The number of benzene rings is 2. The van der Waals surface area contributed by atoms with E-state index in [2.05, 4.69) is 15.5 Å². The molecule has 0 aliphatic rings. The summed E-state index contributed by atoms with van der Waals surface area (Å²) in [6.07, 6.45) is 3.17. The van der Waals surface area contributed by atoms with Crippen molar-refractivity contribution in [2.45, 2.75) is 20.4 Å². The molecule has 1 aromatic heterocycles. The summed E-state index contributed by atoms with van der Waals surface area (Å²) in [6, 6.07) is 17.8. The first-order chi connectivity index (χ1) is 13.1. The van der Waals surface area contributed by atoms with E-state index in [0.29, 0.717) is 12.1 Å². The molecule has 0 radical (unpaired) electrons. The lowest BCUT2D eigenvalue weighted by atomic mass is 10.0. The molecular weight excluding hydrogens is 336 g/mol. The van der Waals surface area contributed by atoms with Gasteiger partial charge in [-0.3, -0.25) is 9.89 Å². The number of carbonyl (C=O) groups is 1. The number of nitriles is 1. The molecule has 5 nitrogen and oxygen atoms in total. The van der Waals surface area contributed by atoms with Gasteiger partial charge in [-0.25, -0.2) is 0 Å². The van der Waals surface area contributed by atoms with E-state index < -0.39 is 5.91 Å². The Morgan fingerprint density at radius 3 is 2.37 bits per heavy atom. The Hall–Kier alpha value is -3.65. The summed E-state index contributed by atoms with van der Waals surface area (Å²) in [5, 5.41) is 19.2. The molecule has 0 fully saturated rings. The lowest BCUT2D eigenvalue weighted by Crippen LogP contribution is -2.23. The highest BCUT2D eigenvalue weighted by Crippen LogP contribution is 2.23. The monoisotopic (exact) mass is 356 g/mol. The quantitative estimate of drug-likeness (QED) is 0.537. The number of H-pyrrole nitrogens is 1. The normalized spacial score (nSPS) is 11.1. The van der Waals surface area contributed by atoms with Crippen LogP contribution in [0.1, 0.15) is 22.3 Å². The topological polar surface area (TPSA) is 81.6 Å². The fraction of sp³-hybridized carbons (Fsp3) is 0.136. The van der Waals surface area contributed by atoms with Crippen molar-refractivity contribution in [2.75, 3.05) is 0 Å². The summed E-state index contributed by atoms with van der Waals surface area (Å²) >= 11 is 0. The van der Waals surface area contributed by atoms with Gasteiger partial charge in [-0.05, 0) is 25.5 Å². The summed E-state index contributed by atoms with van der Waals surface area (Å²) in [6.45, 7) is 4.40. The molecule has 2 N–H and O–H groups in total. The smallest absolute Gasteiger partial charge is 0.262 e. The van der Waals surface area contributed by atoms with E-state index in [1.807, 2.05) is 68.4 Å². The summed E-state index contributed by atoms with van der Waals surface area (Å²) in [7, 11) is 0. The van der Waals surface area contributed by atoms with Gasteiger partial charge in [0.05, 0.1) is 11.9 Å². The second kappa shape index (κ2) is 8.15. The fourth-order valence-corrected chi connectivity index (χ4v) is 2.64. The molecule has 3 rings (SSSR count). The number of nitrogens with zero attached hydrogens (tertiary/aromatic N) is 2. The van der Waals surface area contributed by atoms with Crippen molar-refractivity contribution in [1.82, 2.24) is 15.5 Å². The van der Waals surface area contributed by atoms with E-state index in [1.165, 1.54) is 0 Å². The molecule has 3 aromatic rings. The number of hydrogen-bond acceptors (Lipinski definition) is 3. The number of aryl methyl sites for hydroxylation is 2. The molecule has 0 bridgehead atoms. The van der Waals surface area contributed by atoms with Crippen molar-refractivity contribution >= 4 is 12.0 Å². The van der Waals surface area contributed by atoms with Gasteiger partial charge >= 0.3 is 0 Å². The SMILES string of the molecule is Cc1ccc(CNC(=O)/C(C#N)=C/c2cn[nH]c2-c2ccc(C)cc2)cc1. The third kappa shape index (κ3) is 4.50. The molecule has 0 atom stereocenters. The zero-order valence-electron chi connectivity index (χ0n) is 15.3. The van der Waals surface area contributed by atoms with Crippen LogP contribution in [0.3, 0.4) is 0 Å². The Balaban J connectivity index is 1.77. The molecule has 134 valence electrons. The van der Waals surface area contributed by atoms with Gasteiger partial charge in [-0.15, -0.1) is 0 Å². The molecular formula is C22H20N4O. The van der Waals surface area contributed by atoms with Crippen LogP contribution in [0.2, 0.25) is 0 Å². The third-order valence-corrected chi connectivity index (χ3v) is 4.25. The Labute approximate surface area is 158 Å². The number of hydrogen-bond donors (Lipinski definition) is 2. The van der Waals surface area contributed by atoms with E-state index in [-0.39, 0.29) is 5.57 Å². The Bertz CT molecular complexity index is 1010. The first kappa shape index (κ1) is 18.2. The number of aromatic amines is 1. The molecule has 1 amide bonds. The molecule has 0 saturated heterocycles. The standard InChI is InChI=1S/C22H20N4O/c1-15-3-7-17(8-4-15)13-24-22(27)19(12-23)11-20-14-25-26-21(20)18-9-5-16(2)6-10-18/h3-11,14H,13H2,1-2H3,(H,24,27)(H,25,26)/b19-11+. The van der Waals surface area contributed by atoms with Gasteiger partial charge in [0.25, 0.3) is 5.91 Å². The number of rotatable bonds is 5. The summed E-state index contributed by atoms with van der Waals surface area (Å²) in [5.74, 6) is -0.408. The van der Waals surface area contributed by atoms with Crippen LogP contribution in [0.4, 0.5) is 0 Å². The zero-order chi connectivity index (χ0) is 19.2. The largest absolute Gasteiger partial charge is 0.347 e. The molecule has 0 aliphatic carbocycles. The van der Waals surface area contributed by atoms with Crippen LogP contribution in [0.15, 0.2) is 60.3 Å². The maximum absolute atomic E-state index is 12.4. The highest BCUT2D eigenvalue weighted by atomic mass is 16.1. The Kier molecular flexibility index (Phi) is 5.48. The van der Waals surface area contributed by atoms with Gasteiger partial charge in [-0.1, -0.05) is 59.7 Å². The highest BCUT2D eigenvalue weighted by Gasteiger charge is 2.12. The minimum atomic E-state index is -0.408. The van der Waals surface area contributed by atoms with E-state index in [1.54, 1.807) is 12.3 Å². The second-order valence-electron chi connectivity index (χ2n) is 6.40. The first-order valence-corrected chi connectivity index (χ1v) is 8.63. The average molecular weight is 356 g/mol. The van der Waals surface area contributed by atoms with E-state index in [0.717, 1.165) is 27.9 Å². The van der Waals surface area contributed by atoms with Crippen LogP contribution in [-0.4, -0.2) is 16.1 Å². The van der Waals surface area contributed by atoms with Gasteiger partial charge < -0.3 is 5.32 Å². The van der Waals surface area contributed by atoms with E-state index >= 15 is 0 Å². The number of aromatic nitrogens is 2. The molecule has 0 aliphatic heterocycles. The lowest BCUT2D eigenvalue weighted by Gasteiger charge is -2.05. The summed E-state index contributed by atoms with van der Waals surface area (Å²) in [4.78, 5) is 12.4. The molecule has 1 heterocycles. The molecule has 0 unspecified atom stereocenters. The van der Waals surface area contributed by atoms with Gasteiger partial charge in [0, 0.05) is 17.7 Å². The van der Waals surface area contributed by atoms with Gasteiger partial charge in [0.2, 0.25) is 0 Å². The fourth-order valence-electron chi connectivity index (χ4n) is 2.64. The van der Waals surface area contributed by atoms with Crippen molar-refractivity contribution in [2.24, 2.45) is 0 Å². The third-order valence-electron chi connectivity index (χ3n) is 4.25. The van der Waals surface area contributed by atoms with Gasteiger partial charge in [0.15, 0.2) is 0 Å². The second-order valence-corrected chi connectivity index (χ2v) is 6.40. The molecule has 27 heavy (non-hydrogen) atoms.